The van der Waals surface area contributed by atoms with E-state index in [2.05, 4.69) is 25.3 Å². The van der Waals surface area contributed by atoms with E-state index < -0.39 is 17.4 Å². The van der Waals surface area contributed by atoms with Crippen LogP contribution in [0.25, 0.3) is 27.8 Å². The predicted molar refractivity (Wildman–Crippen MR) is 125 cm³/mol. The predicted octanol–water partition coefficient (Wildman–Crippen LogP) is 4.72. The van der Waals surface area contributed by atoms with Gasteiger partial charge in [0.1, 0.15) is 23.5 Å². The van der Waals surface area contributed by atoms with Crippen LogP contribution in [0.4, 0.5) is 10.2 Å². The van der Waals surface area contributed by atoms with Gasteiger partial charge in [0.2, 0.25) is 0 Å². The highest BCUT2D eigenvalue weighted by Gasteiger charge is 2.23. The standard InChI is InChI=1S/C23H19ClFN7O/c1-3-15(30-21-19-20(27-10-26-19)28-11-29-21)22-31-16-9-8-14(25)18(24)17(16)23(33)32(22)13-6-4-12(2)5-7-13/h4-11,15H,3H2,1-2H3,(H2,26,27,28,29,30). The van der Waals surface area contributed by atoms with Crippen LogP contribution in [0.2, 0.25) is 5.02 Å². The smallest absolute Gasteiger partial charge is 0.267 e. The lowest BCUT2D eigenvalue weighted by atomic mass is 10.1. The van der Waals surface area contributed by atoms with Crippen molar-refractivity contribution in [2.45, 2.75) is 26.3 Å². The topological polar surface area (TPSA) is 101 Å². The highest BCUT2D eigenvalue weighted by atomic mass is 35.5. The number of anilines is 1. The van der Waals surface area contributed by atoms with Crippen LogP contribution in [0.3, 0.4) is 0 Å². The number of aromatic nitrogens is 6. The first kappa shape index (κ1) is 21.0. The molecule has 2 aromatic carbocycles. The van der Waals surface area contributed by atoms with E-state index in [1.807, 2.05) is 38.1 Å². The third kappa shape index (κ3) is 3.60. The number of benzene rings is 2. The van der Waals surface area contributed by atoms with E-state index in [0.717, 1.165) is 5.56 Å². The number of halogens is 2. The summed E-state index contributed by atoms with van der Waals surface area (Å²) < 4.78 is 15.7. The van der Waals surface area contributed by atoms with E-state index in [-0.39, 0.29) is 10.4 Å². The molecule has 0 aliphatic rings. The number of hydrogen-bond acceptors (Lipinski definition) is 6. The van der Waals surface area contributed by atoms with E-state index in [0.29, 0.717) is 40.4 Å². The van der Waals surface area contributed by atoms with Gasteiger partial charge in [0.25, 0.3) is 5.56 Å². The van der Waals surface area contributed by atoms with Crippen molar-refractivity contribution in [3.05, 3.63) is 81.6 Å². The normalized spacial score (nSPS) is 12.4. The molecule has 0 saturated heterocycles. The summed E-state index contributed by atoms with van der Waals surface area (Å²) in [7, 11) is 0. The molecule has 0 radical (unpaired) electrons. The second-order valence-electron chi connectivity index (χ2n) is 7.63. The maximum atomic E-state index is 14.2. The van der Waals surface area contributed by atoms with Gasteiger partial charge >= 0.3 is 0 Å². The van der Waals surface area contributed by atoms with Gasteiger partial charge in [0, 0.05) is 0 Å². The van der Waals surface area contributed by atoms with Crippen molar-refractivity contribution in [1.29, 1.82) is 0 Å². The zero-order valence-corrected chi connectivity index (χ0v) is 18.6. The fourth-order valence-corrected chi connectivity index (χ4v) is 4.03. The minimum absolute atomic E-state index is 0.0360. The second kappa shape index (κ2) is 8.25. The van der Waals surface area contributed by atoms with Crippen LogP contribution in [0.5, 0.6) is 0 Å². The summed E-state index contributed by atoms with van der Waals surface area (Å²) in [6.07, 6.45) is 3.54. The molecule has 5 aromatic rings. The number of imidazole rings is 1. The van der Waals surface area contributed by atoms with Gasteiger partial charge in [0.05, 0.1) is 34.0 Å². The molecule has 166 valence electrons. The number of hydrogen-bond donors (Lipinski definition) is 2. The summed E-state index contributed by atoms with van der Waals surface area (Å²) in [5.41, 5.74) is 2.68. The minimum Gasteiger partial charge on any atom is -0.358 e. The molecular formula is C23H19ClFN7O. The number of nitrogens with one attached hydrogen (secondary N) is 2. The van der Waals surface area contributed by atoms with Crippen LogP contribution in [0.15, 0.2) is 53.8 Å². The lowest BCUT2D eigenvalue weighted by molar-refractivity contribution is 0.628. The molecule has 3 heterocycles. The van der Waals surface area contributed by atoms with Crippen molar-refractivity contribution < 1.29 is 4.39 Å². The van der Waals surface area contributed by atoms with E-state index in [4.69, 9.17) is 16.6 Å². The summed E-state index contributed by atoms with van der Waals surface area (Å²) in [6, 6.07) is 9.71. The number of rotatable bonds is 5. The monoisotopic (exact) mass is 463 g/mol. The number of H-pyrrole nitrogens is 1. The van der Waals surface area contributed by atoms with Crippen LogP contribution >= 0.6 is 11.6 Å². The summed E-state index contributed by atoms with van der Waals surface area (Å²) in [4.78, 5) is 34.1. The summed E-state index contributed by atoms with van der Waals surface area (Å²) >= 11 is 6.19. The average molecular weight is 464 g/mol. The molecule has 0 bridgehead atoms. The average Bonchev–Trinajstić information content (AvgIpc) is 3.30. The van der Waals surface area contributed by atoms with E-state index in [1.54, 1.807) is 6.33 Å². The number of aryl methyl sites for hydroxylation is 1. The summed E-state index contributed by atoms with van der Waals surface area (Å²) in [6.45, 7) is 3.93. The zero-order valence-electron chi connectivity index (χ0n) is 17.8. The highest BCUT2D eigenvalue weighted by molar-refractivity contribution is 6.35. The third-order valence-electron chi connectivity index (χ3n) is 5.50. The van der Waals surface area contributed by atoms with Gasteiger partial charge < -0.3 is 10.3 Å². The fourth-order valence-electron chi connectivity index (χ4n) is 3.79. The Balaban J connectivity index is 1.75. The molecule has 1 atom stereocenters. The molecule has 0 amide bonds. The van der Waals surface area contributed by atoms with Crippen LogP contribution in [-0.2, 0) is 0 Å². The maximum absolute atomic E-state index is 14.2. The summed E-state index contributed by atoms with van der Waals surface area (Å²) in [5.74, 6) is 0.318. The summed E-state index contributed by atoms with van der Waals surface area (Å²) in [5, 5.41) is 3.16. The van der Waals surface area contributed by atoms with Crippen molar-refractivity contribution in [3.8, 4) is 5.69 Å². The maximum Gasteiger partial charge on any atom is 0.267 e. The Labute approximate surface area is 192 Å². The van der Waals surface area contributed by atoms with Gasteiger partial charge in [-0.1, -0.05) is 36.2 Å². The zero-order chi connectivity index (χ0) is 23.1. The first-order valence-electron chi connectivity index (χ1n) is 10.4. The van der Waals surface area contributed by atoms with Crippen LogP contribution in [-0.4, -0.2) is 29.5 Å². The molecule has 1 unspecified atom stereocenters. The lowest BCUT2D eigenvalue weighted by Gasteiger charge is -2.22. The third-order valence-corrected chi connectivity index (χ3v) is 5.87. The molecule has 3 aromatic heterocycles. The van der Waals surface area contributed by atoms with E-state index in [1.165, 1.54) is 23.0 Å². The van der Waals surface area contributed by atoms with Crippen molar-refractivity contribution >= 4 is 39.5 Å². The largest absolute Gasteiger partial charge is 0.358 e. The first-order chi connectivity index (χ1) is 16.0. The minimum atomic E-state index is -0.668. The van der Waals surface area contributed by atoms with Gasteiger partial charge in [-0.15, -0.1) is 0 Å². The molecule has 0 aliphatic carbocycles. The molecule has 8 nitrogen and oxygen atoms in total. The van der Waals surface area contributed by atoms with E-state index >= 15 is 0 Å². The van der Waals surface area contributed by atoms with Crippen molar-refractivity contribution in [2.75, 3.05) is 5.32 Å². The van der Waals surface area contributed by atoms with Gasteiger partial charge in [-0.2, -0.15) is 0 Å². The van der Waals surface area contributed by atoms with Crippen molar-refractivity contribution in [2.24, 2.45) is 0 Å². The Bertz CT molecular complexity index is 1550. The van der Waals surface area contributed by atoms with Crippen LogP contribution in [0, 0.1) is 12.7 Å². The molecular weight excluding hydrogens is 445 g/mol. The Morgan fingerprint density at radius 1 is 1.15 bits per heavy atom. The quantitative estimate of drug-likeness (QED) is 0.391. The molecule has 33 heavy (non-hydrogen) atoms. The Hall–Kier alpha value is -3.85. The van der Waals surface area contributed by atoms with Gasteiger partial charge in [-0.3, -0.25) is 9.36 Å². The fraction of sp³-hybridized carbons (Fsp3) is 0.174. The number of fused-ring (bicyclic) bond motifs is 2. The molecule has 0 spiro atoms. The Morgan fingerprint density at radius 3 is 2.70 bits per heavy atom. The Kier molecular flexibility index (Phi) is 5.26. The van der Waals surface area contributed by atoms with Gasteiger partial charge in [0.15, 0.2) is 11.5 Å². The highest BCUT2D eigenvalue weighted by Crippen LogP contribution is 2.28. The first-order valence-corrected chi connectivity index (χ1v) is 10.7. The number of nitrogens with zero attached hydrogens (tertiary/aromatic N) is 5. The molecule has 2 N–H and O–H groups in total. The molecule has 5 rings (SSSR count). The van der Waals surface area contributed by atoms with E-state index in [9.17, 15) is 9.18 Å². The molecule has 10 heteroatoms. The van der Waals surface area contributed by atoms with Crippen molar-refractivity contribution in [3.63, 3.8) is 0 Å². The molecule has 0 fully saturated rings. The second-order valence-corrected chi connectivity index (χ2v) is 8.01. The molecule has 0 saturated carbocycles. The van der Waals surface area contributed by atoms with Crippen LogP contribution in [0.1, 0.15) is 30.8 Å². The van der Waals surface area contributed by atoms with Crippen molar-refractivity contribution in [1.82, 2.24) is 29.5 Å². The molecule has 0 aliphatic heterocycles. The van der Waals surface area contributed by atoms with Gasteiger partial charge in [-0.05, 0) is 37.6 Å². The van der Waals surface area contributed by atoms with Crippen LogP contribution < -0.4 is 10.9 Å². The lowest BCUT2D eigenvalue weighted by Crippen LogP contribution is -2.28. The SMILES string of the molecule is CCC(Nc1ncnc2nc[nH]c12)c1nc2ccc(F)c(Cl)c2c(=O)n1-c1ccc(C)cc1. The number of aromatic amines is 1. The van der Waals surface area contributed by atoms with Gasteiger partial charge in [-0.25, -0.2) is 24.3 Å². The Morgan fingerprint density at radius 2 is 1.94 bits per heavy atom.